The standard InChI is InChI=1S/C14H17FN2O.C2H6/c1-5-9-6-7-10-12(11(9)15)16-8-17(13(10)18)14(2,3)4;1-2/h6-8H,5H2,1-4H3;1-2H3. The predicted molar refractivity (Wildman–Crippen MR) is 81.7 cm³/mol. The van der Waals surface area contributed by atoms with E-state index in [-0.39, 0.29) is 22.4 Å². The van der Waals surface area contributed by atoms with Gasteiger partial charge in [-0.1, -0.05) is 26.8 Å². The van der Waals surface area contributed by atoms with E-state index in [1.165, 1.54) is 10.9 Å². The maximum absolute atomic E-state index is 14.1. The lowest BCUT2D eigenvalue weighted by molar-refractivity contribution is 0.381. The van der Waals surface area contributed by atoms with Crippen LogP contribution in [0.25, 0.3) is 10.9 Å². The maximum Gasteiger partial charge on any atom is 0.261 e. The van der Waals surface area contributed by atoms with Gasteiger partial charge in [-0.25, -0.2) is 9.37 Å². The first-order chi connectivity index (χ1) is 9.36. The number of nitrogens with zero attached hydrogens (tertiary/aromatic N) is 2. The molecule has 1 aromatic carbocycles. The Bertz CT molecular complexity index is 654. The molecule has 4 heteroatoms. The van der Waals surface area contributed by atoms with Crippen LogP contribution in [0, 0.1) is 5.82 Å². The highest BCUT2D eigenvalue weighted by molar-refractivity contribution is 5.78. The molecule has 0 bridgehead atoms. The van der Waals surface area contributed by atoms with Crippen molar-refractivity contribution in [3.05, 3.63) is 40.2 Å². The summed E-state index contributed by atoms with van der Waals surface area (Å²) in [6.45, 7) is 11.6. The maximum atomic E-state index is 14.1. The van der Waals surface area contributed by atoms with Gasteiger partial charge in [0.25, 0.3) is 5.56 Å². The number of aromatic nitrogens is 2. The minimum atomic E-state index is -0.381. The van der Waals surface area contributed by atoms with Crippen LogP contribution >= 0.6 is 0 Å². The Morgan fingerprint density at radius 1 is 1.25 bits per heavy atom. The van der Waals surface area contributed by atoms with Gasteiger partial charge in [-0.2, -0.15) is 0 Å². The van der Waals surface area contributed by atoms with Crippen LogP contribution in [0.5, 0.6) is 0 Å². The summed E-state index contributed by atoms with van der Waals surface area (Å²) >= 11 is 0. The van der Waals surface area contributed by atoms with Crippen molar-refractivity contribution in [2.75, 3.05) is 0 Å². The Hall–Kier alpha value is -1.71. The fraction of sp³-hybridized carbons (Fsp3) is 0.500. The van der Waals surface area contributed by atoms with Gasteiger partial charge in [0.15, 0.2) is 5.82 Å². The molecule has 0 amide bonds. The van der Waals surface area contributed by atoms with Gasteiger partial charge in [-0.15, -0.1) is 0 Å². The predicted octanol–water partition coefficient (Wildman–Crippen LogP) is 3.88. The largest absolute Gasteiger partial charge is 0.293 e. The lowest BCUT2D eigenvalue weighted by Crippen LogP contribution is -2.34. The van der Waals surface area contributed by atoms with Gasteiger partial charge in [-0.05, 0) is 38.8 Å². The molecule has 0 aliphatic carbocycles. The molecule has 0 saturated carbocycles. The highest BCUT2D eigenvalue weighted by atomic mass is 19.1. The molecule has 1 aromatic heterocycles. The Morgan fingerprint density at radius 3 is 2.35 bits per heavy atom. The van der Waals surface area contributed by atoms with E-state index in [0.29, 0.717) is 17.4 Å². The number of halogens is 1. The summed E-state index contributed by atoms with van der Waals surface area (Å²) in [6.07, 6.45) is 2.01. The van der Waals surface area contributed by atoms with Crippen molar-refractivity contribution in [3.8, 4) is 0 Å². The Labute approximate surface area is 119 Å². The van der Waals surface area contributed by atoms with Crippen molar-refractivity contribution in [2.24, 2.45) is 0 Å². The van der Waals surface area contributed by atoms with E-state index in [1.807, 2.05) is 41.5 Å². The number of fused-ring (bicyclic) bond motifs is 1. The second kappa shape index (κ2) is 6.16. The molecule has 110 valence electrons. The molecule has 2 aromatic rings. The van der Waals surface area contributed by atoms with Crippen LogP contribution in [-0.4, -0.2) is 9.55 Å². The topological polar surface area (TPSA) is 34.9 Å². The summed E-state index contributed by atoms with van der Waals surface area (Å²) in [4.78, 5) is 16.4. The van der Waals surface area contributed by atoms with E-state index >= 15 is 0 Å². The minimum absolute atomic E-state index is 0.167. The first-order valence-corrected chi connectivity index (χ1v) is 7.05. The van der Waals surface area contributed by atoms with Crippen molar-refractivity contribution in [3.63, 3.8) is 0 Å². The molecule has 0 atom stereocenters. The number of aryl methyl sites for hydroxylation is 1. The fourth-order valence-corrected chi connectivity index (χ4v) is 1.95. The molecular weight excluding hydrogens is 255 g/mol. The summed E-state index contributed by atoms with van der Waals surface area (Å²) < 4.78 is 15.6. The number of hydrogen-bond acceptors (Lipinski definition) is 2. The van der Waals surface area contributed by atoms with Crippen molar-refractivity contribution in [1.82, 2.24) is 9.55 Å². The first kappa shape index (κ1) is 16.3. The molecule has 1 heterocycles. The fourth-order valence-electron chi connectivity index (χ4n) is 1.95. The lowest BCUT2D eigenvalue weighted by Gasteiger charge is -2.22. The highest BCUT2D eigenvalue weighted by Crippen LogP contribution is 2.18. The van der Waals surface area contributed by atoms with Gasteiger partial charge in [0.05, 0.1) is 11.7 Å². The minimum Gasteiger partial charge on any atom is -0.293 e. The molecular formula is C16H23FN2O. The Morgan fingerprint density at radius 2 is 1.85 bits per heavy atom. The third-order valence-electron chi connectivity index (χ3n) is 3.05. The van der Waals surface area contributed by atoms with E-state index in [0.717, 1.165) is 0 Å². The number of rotatable bonds is 1. The zero-order valence-electron chi connectivity index (χ0n) is 13.1. The second-order valence-electron chi connectivity index (χ2n) is 5.38. The normalized spacial score (nSPS) is 11.2. The summed E-state index contributed by atoms with van der Waals surface area (Å²) in [7, 11) is 0. The summed E-state index contributed by atoms with van der Waals surface area (Å²) in [5.41, 5.74) is 0.190. The summed E-state index contributed by atoms with van der Waals surface area (Å²) in [5, 5.41) is 0.335. The number of hydrogen-bond donors (Lipinski definition) is 0. The number of benzene rings is 1. The van der Waals surface area contributed by atoms with Gasteiger partial charge >= 0.3 is 0 Å². The van der Waals surface area contributed by atoms with Crippen LogP contribution in [0.2, 0.25) is 0 Å². The van der Waals surface area contributed by atoms with Crippen LogP contribution < -0.4 is 5.56 Å². The average molecular weight is 278 g/mol. The molecule has 0 N–H and O–H groups in total. The van der Waals surface area contributed by atoms with E-state index in [4.69, 9.17) is 0 Å². The SMILES string of the molecule is CC.CCc1ccc2c(=O)n(C(C)(C)C)cnc2c1F. The molecule has 3 nitrogen and oxygen atoms in total. The first-order valence-electron chi connectivity index (χ1n) is 7.05. The van der Waals surface area contributed by atoms with Gasteiger partial charge in [0, 0.05) is 5.54 Å². The molecule has 0 radical (unpaired) electrons. The van der Waals surface area contributed by atoms with E-state index in [1.54, 1.807) is 12.1 Å². The zero-order valence-corrected chi connectivity index (χ0v) is 13.1. The third kappa shape index (κ3) is 2.89. The van der Waals surface area contributed by atoms with Crippen LogP contribution in [0.3, 0.4) is 0 Å². The Balaban J connectivity index is 0.000000956. The molecule has 0 aliphatic heterocycles. The van der Waals surface area contributed by atoms with Crippen molar-refractivity contribution < 1.29 is 4.39 Å². The molecule has 2 rings (SSSR count). The van der Waals surface area contributed by atoms with Crippen LogP contribution in [0.4, 0.5) is 4.39 Å². The van der Waals surface area contributed by atoms with E-state index in [9.17, 15) is 9.18 Å². The average Bonchev–Trinajstić information content (AvgIpc) is 2.41. The molecule has 0 aliphatic rings. The zero-order chi connectivity index (χ0) is 15.5. The van der Waals surface area contributed by atoms with Gasteiger partial charge in [0.2, 0.25) is 0 Å². The van der Waals surface area contributed by atoms with Gasteiger partial charge < -0.3 is 0 Å². The second-order valence-corrected chi connectivity index (χ2v) is 5.38. The quantitative estimate of drug-likeness (QED) is 0.793. The van der Waals surface area contributed by atoms with Gasteiger partial charge in [0.1, 0.15) is 5.52 Å². The lowest BCUT2D eigenvalue weighted by atomic mass is 10.1. The molecule has 0 fully saturated rings. The van der Waals surface area contributed by atoms with Crippen LogP contribution in [0.1, 0.15) is 47.1 Å². The molecule has 0 unspecified atom stereocenters. The van der Waals surface area contributed by atoms with Crippen molar-refractivity contribution in [1.29, 1.82) is 0 Å². The smallest absolute Gasteiger partial charge is 0.261 e. The molecule has 0 saturated heterocycles. The monoisotopic (exact) mass is 278 g/mol. The van der Waals surface area contributed by atoms with Crippen molar-refractivity contribution in [2.45, 2.75) is 53.5 Å². The van der Waals surface area contributed by atoms with E-state index < -0.39 is 0 Å². The van der Waals surface area contributed by atoms with Crippen LogP contribution in [0.15, 0.2) is 23.3 Å². The Kier molecular flexibility index (Phi) is 5.03. The highest BCUT2D eigenvalue weighted by Gasteiger charge is 2.18. The van der Waals surface area contributed by atoms with Gasteiger partial charge in [-0.3, -0.25) is 9.36 Å². The molecule has 20 heavy (non-hydrogen) atoms. The third-order valence-corrected chi connectivity index (χ3v) is 3.05. The summed E-state index contributed by atoms with van der Waals surface area (Å²) in [6, 6.07) is 3.32. The van der Waals surface area contributed by atoms with Crippen LogP contribution in [-0.2, 0) is 12.0 Å². The molecule has 0 spiro atoms. The van der Waals surface area contributed by atoms with Crippen molar-refractivity contribution >= 4 is 10.9 Å². The summed E-state index contributed by atoms with van der Waals surface area (Å²) in [5.74, 6) is -0.381. The van der Waals surface area contributed by atoms with E-state index in [2.05, 4.69) is 4.98 Å².